The van der Waals surface area contributed by atoms with E-state index in [9.17, 15) is 10.2 Å². The van der Waals surface area contributed by atoms with Gasteiger partial charge in [0.15, 0.2) is 0 Å². The van der Waals surface area contributed by atoms with Crippen molar-refractivity contribution in [1.29, 1.82) is 0 Å². The first-order valence-corrected chi connectivity index (χ1v) is 9.61. The van der Waals surface area contributed by atoms with Gasteiger partial charge in [-0.3, -0.25) is 0 Å². The van der Waals surface area contributed by atoms with Crippen LogP contribution in [0.4, 0.5) is 0 Å². The summed E-state index contributed by atoms with van der Waals surface area (Å²) in [6, 6.07) is 0. The minimum atomic E-state index is 0.267. The first-order chi connectivity index (χ1) is 11.8. The molecule has 0 aromatic heterocycles. The second kappa shape index (κ2) is 10.3. The van der Waals surface area contributed by atoms with Gasteiger partial charge in [0, 0.05) is 5.56 Å². The highest BCUT2D eigenvalue weighted by Gasteiger charge is 2.17. The Hall–Kier alpha value is -1.70. The van der Waals surface area contributed by atoms with Gasteiger partial charge in [-0.25, -0.2) is 0 Å². The minimum absolute atomic E-state index is 0.267. The molecule has 2 nitrogen and oxygen atoms in total. The molecule has 25 heavy (non-hydrogen) atoms. The van der Waals surface area contributed by atoms with Crippen LogP contribution in [0.1, 0.15) is 82.1 Å². The number of phenols is 2. The average Bonchev–Trinajstić information content (AvgIpc) is 2.56. The molecule has 0 fully saturated rings. The van der Waals surface area contributed by atoms with E-state index in [1.54, 1.807) is 0 Å². The number of phenolic OH excluding ortho intramolecular Hbond substituents is 2. The Morgan fingerprint density at radius 2 is 1.48 bits per heavy atom. The maximum absolute atomic E-state index is 10.6. The molecule has 0 radical (unpaired) electrons. The predicted octanol–water partition coefficient (Wildman–Crippen LogP) is 6.68. The van der Waals surface area contributed by atoms with E-state index in [1.807, 2.05) is 13.8 Å². The summed E-state index contributed by atoms with van der Waals surface area (Å²) in [5, 5.41) is 21.2. The van der Waals surface area contributed by atoms with Crippen LogP contribution in [-0.2, 0) is 12.8 Å². The number of hydrogen-bond donors (Lipinski definition) is 2. The molecule has 1 rings (SSSR count). The molecule has 0 unspecified atom stereocenters. The van der Waals surface area contributed by atoms with E-state index in [0.29, 0.717) is 12.0 Å². The van der Waals surface area contributed by atoms with Crippen molar-refractivity contribution < 1.29 is 10.2 Å². The zero-order chi connectivity index (χ0) is 19.0. The Balaban J connectivity index is 2.95. The van der Waals surface area contributed by atoms with Gasteiger partial charge < -0.3 is 10.2 Å². The van der Waals surface area contributed by atoms with E-state index in [-0.39, 0.29) is 11.5 Å². The molecule has 2 N–H and O–H groups in total. The van der Waals surface area contributed by atoms with E-state index in [1.165, 1.54) is 24.0 Å². The molecule has 0 saturated heterocycles. The van der Waals surface area contributed by atoms with E-state index in [0.717, 1.165) is 42.4 Å². The number of hydrogen-bond acceptors (Lipinski definition) is 2. The Morgan fingerprint density at radius 3 is 2.00 bits per heavy atom. The third kappa shape index (κ3) is 6.26. The van der Waals surface area contributed by atoms with E-state index < -0.39 is 0 Å². The number of benzene rings is 1. The van der Waals surface area contributed by atoms with Crippen molar-refractivity contribution >= 4 is 0 Å². The third-order valence-electron chi connectivity index (χ3n) is 4.96. The molecule has 0 saturated carbocycles. The van der Waals surface area contributed by atoms with Crippen molar-refractivity contribution in [3.63, 3.8) is 0 Å². The maximum Gasteiger partial charge on any atom is 0.125 e. The van der Waals surface area contributed by atoms with Gasteiger partial charge in [0.25, 0.3) is 0 Å². The van der Waals surface area contributed by atoms with E-state index in [4.69, 9.17) is 0 Å². The van der Waals surface area contributed by atoms with Crippen LogP contribution < -0.4 is 0 Å². The van der Waals surface area contributed by atoms with Gasteiger partial charge in [0.1, 0.15) is 11.5 Å². The third-order valence-corrected chi connectivity index (χ3v) is 4.96. The molecule has 0 bridgehead atoms. The van der Waals surface area contributed by atoms with E-state index in [2.05, 4.69) is 39.8 Å². The monoisotopic (exact) mass is 344 g/mol. The average molecular weight is 345 g/mol. The highest BCUT2D eigenvalue weighted by Crippen LogP contribution is 2.38. The number of allylic oxidation sites excluding steroid dienone is 4. The highest BCUT2D eigenvalue weighted by molar-refractivity contribution is 5.58. The number of aromatic hydroxyl groups is 2. The summed E-state index contributed by atoms with van der Waals surface area (Å²) >= 11 is 0. The zero-order valence-electron chi connectivity index (χ0n) is 17.0. The fourth-order valence-corrected chi connectivity index (χ4v) is 3.22. The Labute approximate surface area is 154 Å². The first-order valence-electron chi connectivity index (χ1n) is 9.61. The topological polar surface area (TPSA) is 40.5 Å². The summed E-state index contributed by atoms with van der Waals surface area (Å²) in [4.78, 5) is 0. The quantitative estimate of drug-likeness (QED) is 0.387. The normalized spacial score (nSPS) is 11.7. The molecule has 0 aliphatic carbocycles. The van der Waals surface area contributed by atoms with Crippen LogP contribution in [0.3, 0.4) is 0 Å². The Morgan fingerprint density at radius 1 is 0.880 bits per heavy atom. The SMILES string of the molecule is CCCCCc1c(C)c(O)c(C/C=C(\C)CCC=C(C)C)c(O)c1C. The Kier molecular flexibility index (Phi) is 8.82. The summed E-state index contributed by atoms with van der Waals surface area (Å²) in [6.07, 6.45) is 11.4. The lowest BCUT2D eigenvalue weighted by Gasteiger charge is -2.17. The molecular formula is C23H36O2. The van der Waals surface area contributed by atoms with Gasteiger partial charge in [-0.2, -0.15) is 0 Å². The van der Waals surface area contributed by atoms with Crippen molar-refractivity contribution in [2.45, 2.75) is 86.5 Å². The van der Waals surface area contributed by atoms with Crippen LogP contribution in [0, 0.1) is 13.8 Å². The fraction of sp³-hybridized carbons (Fsp3) is 0.565. The molecule has 0 aliphatic rings. The minimum Gasteiger partial charge on any atom is -0.507 e. The van der Waals surface area contributed by atoms with Crippen LogP contribution in [-0.4, -0.2) is 10.2 Å². The molecule has 0 aliphatic heterocycles. The largest absolute Gasteiger partial charge is 0.507 e. The van der Waals surface area contributed by atoms with Gasteiger partial charge in [0.2, 0.25) is 0 Å². The summed E-state index contributed by atoms with van der Waals surface area (Å²) < 4.78 is 0. The van der Waals surface area contributed by atoms with Crippen LogP contribution in [0.2, 0.25) is 0 Å². The van der Waals surface area contributed by atoms with Gasteiger partial charge in [-0.1, -0.05) is 43.1 Å². The zero-order valence-corrected chi connectivity index (χ0v) is 17.0. The predicted molar refractivity (Wildman–Crippen MR) is 109 cm³/mol. The number of unbranched alkanes of at least 4 members (excludes halogenated alkanes) is 2. The molecule has 2 heteroatoms. The summed E-state index contributed by atoms with van der Waals surface area (Å²) in [6.45, 7) is 12.5. The lowest BCUT2D eigenvalue weighted by molar-refractivity contribution is 0.433. The first kappa shape index (κ1) is 21.3. The second-order valence-corrected chi connectivity index (χ2v) is 7.44. The Bertz CT molecular complexity index is 603. The van der Waals surface area contributed by atoms with Gasteiger partial charge in [-0.05, 0) is 83.4 Å². The highest BCUT2D eigenvalue weighted by atomic mass is 16.3. The smallest absolute Gasteiger partial charge is 0.125 e. The molecule has 1 aromatic rings. The summed E-state index contributed by atoms with van der Waals surface area (Å²) in [7, 11) is 0. The van der Waals surface area contributed by atoms with Crippen molar-refractivity contribution in [3.8, 4) is 11.5 Å². The molecule has 0 spiro atoms. The van der Waals surface area contributed by atoms with Gasteiger partial charge in [0.05, 0.1) is 0 Å². The van der Waals surface area contributed by atoms with Crippen molar-refractivity contribution in [1.82, 2.24) is 0 Å². The van der Waals surface area contributed by atoms with Crippen LogP contribution in [0.5, 0.6) is 11.5 Å². The number of rotatable bonds is 9. The van der Waals surface area contributed by atoms with Crippen molar-refractivity contribution in [3.05, 3.63) is 45.6 Å². The van der Waals surface area contributed by atoms with Crippen LogP contribution in [0.15, 0.2) is 23.3 Å². The molecule has 0 atom stereocenters. The van der Waals surface area contributed by atoms with Crippen molar-refractivity contribution in [2.24, 2.45) is 0 Å². The maximum atomic E-state index is 10.6. The summed E-state index contributed by atoms with van der Waals surface area (Å²) in [5.41, 5.74) is 6.26. The standard InChI is InChI=1S/C23H36O2/c1-7-8-9-13-20-18(5)22(24)21(23(25)19(20)6)15-14-17(4)12-10-11-16(2)3/h11,14,24-25H,7-10,12-13,15H2,1-6H3/b17-14+. The lowest BCUT2D eigenvalue weighted by atomic mass is 9.91. The molecule has 1 aromatic carbocycles. The molecule has 0 heterocycles. The van der Waals surface area contributed by atoms with Crippen LogP contribution in [0.25, 0.3) is 0 Å². The van der Waals surface area contributed by atoms with Crippen LogP contribution >= 0.6 is 0 Å². The second-order valence-electron chi connectivity index (χ2n) is 7.44. The van der Waals surface area contributed by atoms with Gasteiger partial charge in [-0.15, -0.1) is 0 Å². The van der Waals surface area contributed by atoms with Crippen molar-refractivity contribution in [2.75, 3.05) is 0 Å². The molecule has 0 amide bonds. The van der Waals surface area contributed by atoms with Gasteiger partial charge >= 0.3 is 0 Å². The molecular weight excluding hydrogens is 308 g/mol. The molecule has 140 valence electrons. The van der Waals surface area contributed by atoms with E-state index >= 15 is 0 Å². The fourth-order valence-electron chi connectivity index (χ4n) is 3.22. The summed E-state index contributed by atoms with van der Waals surface area (Å²) in [5.74, 6) is 0.533. The lowest BCUT2D eigenvalue weighted by Crippen LogP contribution is -2.00.